The van der Waals surface area contributed by atoms with Gasteiger partial charge in [0.15, 0.2) is 0 Å². The van der Waals surface area contributed by atoms with Crippen molar-refractivity contribution < 1.29 is 9.53 Å². The van der Waals surface area contributed by atoms with E-state index in [4.69, 9.17) is 39.4 Å². The van der Waals surface area contributed by atoms with Crippen LogP contribution in [0.1, 0.15) is 5.56 Å². The Kier molecular flexibility index (Phi) is 5.02. The maximum absolute atomic E-state index is 10.6. The minimum absolute atomic E-state index is 0.0789. The summed E-state index contributed by atoms with van der Waals surface area (Å²) in [6, 6.07) is 4.36. The zero-order valence-corrected chi connectivity index (χ0v) is 9.96. The highest BCUT2D eigenvalue weighted by Crippen LogP contribution is 2.22. The molecule has 1 atom stereocenters. The van der Waals surface area contributed by atoms with E-state index in [1.54, 1.807) is 18.2 Å². The molecule has 4 N–H and O–H groups in total. The fraction of sp³-hybridized carbons (Fsp3) is 0.300. The van der Waals surface area contributed by atoms with Crippen LogP contribution in [0.25, 0.3) is 0 Å². The smallest absolute Gasteiger partial charge is 0.236 e. The minimum atomic E-state index is -0.789. The normalized spacial score (nSPS) is 12.4. The Morgan fingerprint density at radius 2 is 2.06 bits per heavy atom. The van der Waals surface area contributed by atoms with E-state index in [0.717, 1.165) is 5.56 Å². The first kappa shape index (κ1) is 13.3. The molecule has 0 aliphatic rings. The van der Waals surface area contributed by atoms with Crippen molar-refractivity contribution in [2.24, 2.45) is 11.5 Å². The highest BCUT2D eigenvalue weighted by molar-refractivity contribution is 6.42. The molecular weight excluding hydrogens is 251 g/mol. The van der Waals surface area contributed by atoms with Crippen molar-refractivity contribution in [3.05, 3.63) is 33.8 Å². The lowest BCUT2D eigenvalue weighted by Crippen LogP contribution is -2.40. The number of carbonyl (C=O) groups excluding carboxylic acids is 1. The van der Waals surface area contributed by atoms with Gasteiger partial charge in [0.1, 0.15) is 6.04 Å². The second-order valence-electron chi connectivity index (χ2n) is 3.27. The molecule has 1 amide bonds. The molecule has 0 aliphatic heterocycles. The molecule has 0 aromatic heterocycles. The Balaban J connectivity index is 2.43. The van der Waals surface area contributed by atoms with Crippen LogP contribution in [-0.4, -0.2) is 18.6 Å². The summed E-state index contributed by atoms with van der Waals surface area (Å²) in [7, 11) is 0. The lowest BCUT2D eigenvalue weighted by atomic mass is 10.2. The van der Waals surface area contributed by atoms with Crippen LogP contribution in [0.2, 0.25) is 10.0 Å². The van der Waals surface area contributed by atoms with Crippen LogP contribution in [0.5, 0.6) is 0 Å². The number of nitrogens with two attached hydrogens (primary N) is 2. The minimum Gasteiger partial charge on any atom is -0.375 e. The molecule has 0 bridgehead atoms. The van der Waals surface area contributed by atoms with Gasteiger partial charge in [-0.3, -0.25) is 4.79 Å². The molecule has 1 rings (SSSR count). The SMILES string of the molecule is NC(=O)C(N)COCc1ccc(Cl)c(Cl)c1. The van der Waals surface area contributed by atoms with Gasteiger partial charge in [0.25, 0.3) is 0 Å². The van der Waals surface area contributed by atoms with E-state index in [2.05, 4.69) is 0 Å². The number of primary amides is 1. The summed E-state index contributed by atoms with van der Waals surface area (Å²) < 4.78 is 5.21. The van der Waals surface area contributed by atoms with E-state index >= 15 is 0 Å². The molecule has 0 saturated carbocycles. The monoisotopic (exact) mass is 262 g/mol. The first-order chi connectivity index (χ1) is 7.50. The Morgan fingerprint density at radius 1 is 1.38 bits per heavy atom. The van der Waals surface area contributed by atoms with Crippen molar-refractivity contribution in [1.82, 2.24) is 0 Å². The Bertz CT molecular complexity index is 385. The molecule has 6 heteroatoms. The molecule has 88 valence electrons. The van der Waals surface area contributed by atoms with Crippen LogP contribution in [0.15, 0.2) is 18.2 Å². The molecule has 0 saturated heterocycles. The average Bonchev–Trinajstić information content (AvgIpc) is 2.23. The number of hydrogen-bond donors (Lipinski definition) is 2. The number of rotatable bonds is 5. The predicted molar refractivity (Wildman–Crippen MR) is 63.3 cm³/mol. The standard InChI is InChI=1S/C10H12Cl2N2O2/c11-7-2-1-6(3-8(7)12)4-16-5-9(13)10(14)15/h1-3,9H,4-5,13H2,(H2,14,15). The van der Waals surface area contributed by atoms with Crippen molar-refractivity contribution in [2.75, 3.05) is 6.61 Å². The number of hydrogen-bond acceptors (Lipinski definition) is 3. The van der Waals surface area contributed by atoms with E-state index in [1.165, 1.54) is 0 Å². The van der Waals surface area contributed by atoms with Gasteiger partial charge in [-0.05, 0) is 17.7 Å². The highest BCUT2D eigenvalue weighted by atomic mass is 35.5. The zero-order chi connectivity index (χ0) is 12.1. The number of carbonyl (C=O) groups is 1. The van der Waals surface area contributed by atoms with Crippen LogP contribution in [-0.2, 0) is 16.1 Å². The Labute approximate surface area is 103 Å². The van der Waals surface area contributed by atoms with Gasteiger partial charge < -0.3 is 16.2 Å². The number of benzene rings is 1. The number of amides is 1. The van der Waals surface area contributed by atoms with Crippen molar-refractivity contribution in [3.8, 4) is 0 Å². The number of ether oxygens (including phenoxy) is 1. The summed E-state index contributed by atoms with van der Waals surface area (Å²) in [5, 5.41) is 0.946. The summed E-state index contributed by atoms with van der Waals surface area (Å²) in [5.41, 5.74) is 11.2. The largest absolute Gasteiger partial charge is 0.375 e. The van der Waals surface area contributed by atoms with Crippen LogP contribution in [0.3, 0.4) is 0 Å². The maximum Gasteiger partial charge on any atom is 0.236 e. The van der Waals surface area contributed by atoms with E-state index in [0.29, 0.717) is 16.7 Å². The predicted octanol–water partition coefficient (Wildman–Crippen LogP) is 1.32. The topological polar surface area (TPSA) is 78.3 Å². The van der Waals surface area contributed by atoms with Gasteiger partial charge in [-0.2, -0.15) is 0 Å². The molecule has 0 aliphatic carbocycles. The van der Waals surface area contributed by atoms with Gasteiger partial charge in [-0.1, -0.05) is 29.3 Å². The summed E-state index contributed by atoms with van der Waals surface area (Å²) in [6.07, 6.45) is 0. The molecule has 0 radical (unpaired) electrons. The van der Waals surface area contributed by atoms with Crippen LogP contribution >= 0.6 is 23.2 Å². The molecular formula is C10H12Cl2N2O2. The zero-order valence-electron chi connectivity index (χ0n) is 8.45. The van der Waals surface area contributed by atoms with Crippen LogP contribution in [0.4, 0.5) is 0 Å². The van der Waals surface area contributed by atoms with Gasteiger partial charge in [0.05, 0.1) is 23.3 Å². The summed E-state index contributed by atoms with van der Waals surface area (Å²) in [5.74, 6) is -0.589. The quantitative estimate of drug-likeness (QED) is 0.840. The third-order valence-corrected chi connectivity index (χ3v) is 2.65. The number of halogens is 2. The fourth-order valence-electron chi connectivity index (χ4n) is 1.02. The first-order valence-electron chi connectivity index (χ1n) is 4.57. The van der Waals surface area contributed by atoms with Gasteiger partial charge in [0, 0.05) is 0 Å². The molecule has 1 unspecified atom stereocenters. The second kappa shape index (κ2) is 6.06. The fourth-order valence-corrected chi connectivity index (χ4v) is 1.34. The molecule has 16 heavy (non-hydrogen) atoms. The van der Waals surface area contributed by atoms with Crippen molar-refractivity contribution >= 4 is 29.1 Å². The lowest BCUT2D eigenvalue weighted by molar-refractivity contribution is -0.120. The summed E-state index contributed by atoms with van der Waals surface area (Å²) in [6.45, 7) is 0.382. The Hall–Kier alpha value is -0.810. The third kappa shape index (κ3) is 3.98. The molecule has 0 heterocycles. The van der Waals surface area contributed by atoms with Crippen LogP contribution in [0, 0.1) is 0 Å². The van der Waals surface area contributed by atoms with Crippen molar-refractivity contribution in [3.63, 3.8) is 0 Å². The van der Waals surface area contributed by atoms with E-state index in [-0.39, 0.29) is 6.61 Å². The summed E-state index contributed by atoms with van der Waals surface area (Å²) in [4.78, 5) is 10.6. The molecule has 0 spiro atoms. The summed E-state index contributed by atoms with van der Waals surface area (Å²) >= 11 is 11.6. The molecule has 0 fully saturated rings. The Morgan fingerprint density at radius 3 is 2.62 bits per heavy atom. The van der Waals surface area contributed by atoms with Gasteiger partial charge in [-0.15, -0.1) is 0 Å². The molecule has 1 aromatic carbocycles. The molecule has 1 aromatic rings. The van der Waals surface area contributed by atoms with E-state index in [1.807, 2.05) is 0 Å². The maximum atomic E-state index is 10.6. The lowest BCUT2D eigenvalue weighted by Gasteiger charge is -2.08. The van der Waals surface area contributed by atoms with Crippen molar-refractivity contribution in [2.45, 2.75) is 12.6 Å². The highest BCUT2D eigenvalue weighted by Gasteiger charge is 2.08. The first-order valence-corrected chi connectivity index (χ1v) is 5.33. The van der Waals surface area contributed by atoms with Gasteiger partial charge >= 0.3 is 0 Å². The molecule has 4 nitrogen and oxygen atoms in total. The van der Waals surface area contributed by atoms with Gasteiger partial charge in [0.2, 0.25) is 5.91 Å². The average molecular weight is 263 g/mol. The van der Waals surface area contributed by atoms with Gasteiger partial charge in [-0.25, -0.2) is 0 Å². The van der Waals surface area contributed by atoms with Crippen molar-refractivity contribution in [1.29, 1.82) is 0 Å². The van der Waals surface area contributed by atoms with E-state index < -0.39 is 11.9 Å². The third-order valence-electron chi connectivity index (χ3n) is 1.92. The van der Waals surface area contributed by atoms with Crippen LogP contribution < -0.4 is 11.5 Å². The van der Waals surface area contributed by atoms with E-state index in [9.17, 15) is 4.79 Å². The second-order valence-corrected chi connectivity index (χ2v) is 4.09.